The zero-order chi connectivity index (χ0) is 14.4. The van der Waals surface area contributed by atoms with Gasteiger partial charge in [-0.2, -0.15) is 0 Å². The summed E-state index contributed by atoms with van der Waals surface area (Å²) in [6, 6.07) is 5.31. The van der Waals surface area contributed by atoms with Crippen LogP contribution in [0.15, 0.2) is 30.6 Å². The van der Waals surface area contributed by atoms with Crippen LogP contribution in [0.25, 0.3) is 0 Å². The van der Waals surface area contributed by atoms with Crippen molar-refractivity contribution in [2.75, 3.05) is 13.7 Å². The second-order valence-electron chi connectivity index (χ2n) is 4.62. The number of hydrogen-bond acceptors (Lipinski definition) is 5. The van der Waals surface area contributed by atoms with Crippen molar-refractivity contribution >= 4 is 0 Å². The molecule has 2 rings (SSSR count). The molecule has 0 aliphatic heterocycles. The standard InChI is InChI=1S/C14H20N4O2/c1-11(13-10-12(20-2)4-5-14(13)19)15-6-3-8-18-9-7-16-17-18/h4-5,7,9-11,15,19H,3,6,8H2,1-2H3. The topological polar surface area (TPSA) is 72.2 Å². The van der Waals surface area contributed by atoms with Gasteiger partial charge < -0.3 is 15.2 Å². The van der Waals surface area contributed by atoms with Crippen molar-refractivity contribution < 1.29 is 9.84 Å². The van der Waals surface area contributed by atoms with Crippen LogP contribution in [0.5, 0.6) is 11.5 Å². The minimum absolute atomic E-state index is 0.0563. The minimum atomic E-state index is 0.0563. The van der Waals surface area contributed by atoms with Gasteiger partial charge in [-0.3, -0.25) is 4.68 Å². The Labute approximate surface area is 118 Å². The Kier molecular flexibility index (Phi) is 4.95. The maximum absolute atomic E-state index is 9.89. The van der Waals surface area contributed by atoms with Gasteiger partial charge in [0, 0.05) is 24.3 Å². The first-order valence-electron chi connectivity index (χ1n) is 6.65. The number of rotatable bonds is 7. The maximum atomic E-state index is 9.89. The molecule has 0 aliphatic rings. The van der Waals surface area contributed by atoms with E-state index in [0.717, 1.165) is 30.8 Å². The number of methoxy groups -OCH3 is 1. The highest BCUT2D eigenvalue weighted by Crippen LogP contribution is 2.28. The number of phenols is 1. The van der Waals surface area contributed by atoms with E-state index in [9.17, 15) is 5.11 Å². The first-order valence-corrected chi connectivity index (χ1v) is 6.65. The Balaban J connectivity index is 1.83. The van der Waals surface area contributed by atoms with Crippen molar-refractivity contribution in [1.29, 1.82) is 0 Å². The van der Waals surface area contributed by atoms with E-state index in [4.69, 9.17) is 4.74 Å². The zero-order valence-electron chi connectivity index (χ0n) is 11.8. The van der Waals surface area contributed by atoms with Crippen LogP contribution < -0.4 is 10.1 Å². The summed E-state index contributed by atoms with van der Waals surface area (Å²) in [4.78, 5) is 0. The number of phenolic OH excluding ortho intramolecular Hbond substituents is 1. The number of benzene rings is 1. The molecule has 1 aromatic heterocycles. The summed E-state index contributed by atoms with van der Waals surface area (Å²) in [5, 5.41) is 20.9. The molecule has 108 valence electrons. The largest absolute Gasteiger partial charge is 0.508 e. The van der Waals surface area contributed by atoms with E-state index in [1.807, 2.05) is 19.2 Å². The molecule has 20 heavy (non-hydrogen) atoms. The number of aromatic nitrogens is 3. The lowest BCUT2D eigenvalue weighted by Crippen LogP contribution is -2.21. The van der Waals surface area contributed by atoms with Gasteiger partial charge in [0.25, 0.3) is 0 Å². The van der Waals surface area contributed by atoms with Gasteiger partial charge in [-0.15, -0.1) is 5.10 Å². The molecule has 0 radical (unpaired) electrons. The molecule has 0 saturated heterocycles. The Bertz CT molecular complexity index is 528. The summed E-state index contributed by atoms with van der Waals surface area (Å²) in [6.45, 7) is 3.67. The van der Waals surface area contributed by atoms with Crippen LogP contribution in [0.2, 0.25) is 0 Å². The van der Waals surface area contributed by atoms with E-state index < -0.39 is 0 Å². The Morgan fingerprint density at radius 1 is 1.45 bits per heavy atom. The molecule has 0 amide bonds. The van der Waals surface area contributed by atoms with Crippen molar-refractivity contribution in [3.63, 3.8) is 0 Å². The highest BCUT2D eigenvalue weighted by Gasteiger charge is 2.10. The fourth-order valence-electron chi connectivity index (χ4n) is 2.03. The predicted octanol–water partition coefficient (Wildman–Crippen LogP) is 1.73. The predicted molar refractivity (Wildman–Crippen MR) is 75.7 cm³/mol. The lowest BCUT2D eigenvalue weighted by Gasteiger charge is -2.16. The normalized spacial score (nSPS) is 12.3. The van der Waals surface area contributed by atoms with Gasteiger partial charge in [0.2, 0.25) is 0 Å². The Morgan fingerprint density at radius 2 is 2.30 bits per heavy atom. The van der Waals surface area contributed by atoms with Crippen LogP contribution in [0, 0.1) is 0 Å². The molecule has 0 aliphatic carbocycles. The van der Waals surface area contributed by atoms with Gasteiger partial charge in [-0.25, -0.2) is 0 Å². The summed E-state index contributed by atoms with van der Waals surface area (Å²) in [5.41, 5.74) is 0.838. The van der Waals surface area contributed by atoms with E-state index in [1.165, 1.54) is 0 Å². The van der Waals surface area contributed by atoms with Crippen molar-refractivity contribution in [1.82, 2.24) is 20.3 Å². The number of ether oxygens (including phenoxy) is 1. The molecule has 6 nitrogen and oxygen atoms in total. The second kappa shape index (κ2) is 6.91. The minimum Gasteiger partial charge on any atom is -0.508 e. The molecule has 2 N–H and O–H groups in total. The number of nitrogens with zero attached hydrogens (tertiary/aromatic N) is 3. The van der Waals surface area contributed by atoms with Crippen LogP contribution in [0.4, 0.5) is 0 Å². The van der Waals surface area contributed by atoms with Gasteiger partial charge in [0.05, 0.1) is 13.3 Å². The average molecular weight is 276 g/mol. The lowest BCUT2D eigenvalue weighted by atomic mass is 10.1. The highest BCUT2D eigenvalue weighted by atomic mass is 16.5. The van der Waals surface area contributed by atoms with Gasteiger partial charge in [-0.05, 0) is 38.1 Å². The van der Waals surface area contributed by atoms with Crippen LogP contribution in [-0.2, 0) is 6.54 Å². The third kappa shape index (κ3) is 3.71. The summed E-state index contributed by atoms with van der Waals surface area (Å²) < 4.78 is 6.98. The molecule has 0 fully saturated rings. The maximum Gasteiger partial charge on any atom is 0.120 e. The van der Waals surface area contributed by atoms with E-state index in [1.54, 1.807) is 30.1 Å². The average Bonchev–Trinajstić information content (AvgIpc) is 2.97. The van der Waals surface area contributed by atoms with E-state index in [-0.39, 0.29) is 11.8 Å². The van der Waals surface area contributed by atoms with E-state index >= 15 is 0 Å². The lowest BCUT2D eigenvalue weighted by molar-refractivity contribution is 0.407. The van der Waals surface area contributed by atoms with Crippen LogP contribution in [0.3, 0.4) is 0 Å². The summed E-state index contributed by atoms with van der Waals surface area (Å²) >= 11 is 0. The summed E-state index contributed by atoms with van der Waals surface area (Å²) in [7, 11) is 1.62. The Morgan fingerprint density at radius 3 is 3.00 bits per heavy atom. The third-order valence-electron chi connectivity index (χ3n) is 3.19. The fourth-order valence-corrected chi connectivity index (χ4v) is 2.03. The van der Waals surface area contributed by atoms with Gasteiger partial charge in [-0.1, -0.05) is 5.21 Å². The molecule has 6 heteroatoms. The molecule has 0 bridgehead atoms. The van der Waals surface area contributed by atoms with E-state index in [2.05, 4.69) is 15.6 Å². The third-order valence-corrected chi connectivity index (χ3v) is 3.19. The number of hydrogen-bond donors (Lipinski definition) is 2. The zero-order valence-corrected chi connectivity index (χ0v) is 11.8. The molecule has 0 spiro atoms. The summed E-state index contributed by atoms with van der Waals surface area (Å²) in [6.07, 6.45) is 4.46. The smallest absolute Gasteiger partial charge is 0.120 e. The molecular weight excluding hydrogens is 256 g/mol. The van der Waals surface area contributed by atoms with E-state index in [0.29, 0.717) is 0 Å². The molecule has 1 aromatic carbocycles. The SMILES string of the molecule is COc1ccc(O)c(C(C)NCCCn2ccnn2)c1. The molecular formula is C14H20N4O2. The van der Waals surface area contributed by atoms with Gasteiger partial charge in [0.15, 0.2) is 0 Å². The number of nitrogens with one attached hydrogen (secondary N) is 1. The summed E-state index contributed by atoms with van der Waals surface area (Å²) in [5.74, 6) is 1.02. The van der Waals surface area contributed by atoms with Gasteiger partial charge in [0.1, 0.15) is 11.5 Å². The van der Waals surface area contributed by atoms with Crippen molar-refractivity contribution in [2.24, 2.45) is 0 Å². The van der Waals surface area contributed by atoms with Crippen molar-refractivity contribution in [3.05, 3.63) is 36.2 Å². The Hall–Kier alpha value is -2.08. The van der Waals surface area contributed by atoms with Gasteiger partial charge >= 0.3 is 0 Å². The molecule has 0 saturated carbocycles. The number of aromatic hydroxyl groups is 1. The molecule has 1 heterocycles. The quantitative estimate of drug-likeness (QED) is 0.754. The molecule has 1 atom stereocenters. The fraction of sp³-hybridized carbons (Fsp3) is 0.429. The van der Waals surface area contributed by atoms with Crippen molar-refractivity contribution in [2.45, 2.75) is 25.9 Å². The highest BCUT2D eigenvalue weighted by molar-refractivity contribution is 5.41. The first kappa shape index (κ1) is 14.3. The number of aryl methyl sites for hydroxylation is 1. The van der Waals surface area contributed by atoms with Crippen LogP contribution in [0.1, 0.15) is 24.9 Å². The van der Waals surface area contributed by atoms with Crippen LogP contribution in [-0.4, -0.2) is 33.8 Å². The molecule has 2 aromatic rings. The first-order chi connectivity index (χ1) is 9.70. The van der Waals surface area contributed by atoms with Crippen LogP contribution >= 0.6 is 0 Å². The molecule has 1 unspecified atom stereocenters. The van der Waals surface area contributed by atoms with Crippen molar-refractivity contribution in [3.8, 4) is 11.5 Å². The monoisotopic (exact) mass is 276 g/mol. The second-order valence-corrected chi connectivity index (χ2v) is 4.62.